The second-order valence-corrected chi connectivity index (χ2v) is 6.55. The number of rotatable bonds is 3. The maximum atomic E-state index is 12.9. The minimum absolute atomic E-state index is 0.0240. The van der Waals surface area contributed by atoms with Crippen molar-refractivity contribution in [1.29, 1.82) is 0 Å². The largest absolute Gasteiger partial charge is 0.388 e. The fourth-order valence-corrected chi connectivity index (χ4v) is 3.24. The van der Waals surface area contributed by atoms with Crippen molar-refractivity contribution in [3.05, 3.63) is 71.3 Å². The van der Waals surface area contributed by atoms with Crippen molar-refractivity contribution in [2.75, 3.05) is 0 Å². The van der Waals surface area contributed by atoms with Gasteiger partial charge in [0.25, 0.3) is 5.91 Å². The Labute approximate surface area is 131 Å². The minimum atomic E-state index is -1.05. The highest BCUT2D eigenvalue weighted by atomic mass is 16.3. The molecule has 3 heteroatoms. The van der Waals surface area contributed by atoms with Crippen molar-refractivity contribution in [3.8, 4) is 0 Å². The molecule has 1 aliphatic rings. The molecule has 1 heterocycles. The molecule has 0 saturated heterocycles. The van der Waals surface area contributed by atoms with Crippen LogP contribution in [0.4, 0.5) is 0 Å². The number of hydrogen-bond donors (Lipinski definition) is 1. The van der Waals surface area contributed by atoms with Gasteiger partial charge in [0.1, 0.15) is 0 Å². The van der Waals surface area contributed by atoms with E-state index in [9.17, 15) is 9.90 Å². The molecule has 2 aromatic rings. The summed E-state index contributed by atoms with van der Waals surface area (Å²) in [5.41, 5.74) is 0.825. The van der Waals surface area contributed by atoms with Crippen LogP contribution in [-0.2, 0) is 12.1 Å². The molecule has 1 unspecified atom stereocenters. The number of carbonyl (C=O) groups is 1. The summed E-state index contributed by atoms with van der Waals surface area (Å²) in [5.74, 6) is -0.0240. The third kappa shape index (κ3) is 2.04. The van der Waals surface area contributed by atoms with Gasteiger partial charge in [-0.05, 0) is 38.0 Å². The second-order valence-electron chi connectivity index (χ2n) is 6.55. The molecule has 1 atom stereocenters. The van der Waals surface area contributed by atoms with E-state index in [4.69, 9.17) is 0 Å². The quantitative estimate of drug-likeness (QED) is 0.943. The first kappa shape index (κ1) is 14.8. The first-order valence-corrected chi connectivity index (χ1v) is 7.53. The summed E-state index contributed by atoms with van der Waals surface area (Å²) in [6.07, 6.45) is 0. The fourth-order valence-electron chi connectivity index (χ4n) is 3.24. The Kier molecular flexibility index (Phi) is 3.33. The van der Waals surface area contributed by atoms with Crippen molar-refractivity contribution in [2.24, 2.45) is 0 Å². The third-order valence-corrected chi connectivity index (χ3v) is 4.84. The van der Waals surface area contributed by atoms with E-state index in [1.165, 1.54) is 0 Å². The van der Waals surface area contributed by atoms with Crippen LogP contribution in [0.3, 0.4) is 0 Å². The molecule has 0 aliphatic carbocycles. The van der Waals surface area contributed by atoms with Crippen molar-refractivity contribution >= 4 is 5.91 Å². The molecule has 114 valence electrons. The van der Waals surface area contributed by atoms with Crippen molar-refractivity contribution in [3.63, 3.8) is 0 Å². The van der Waals surface area contributed by atoms with E-state index in [-0.39, 0.29) is 5.91 Å². The van der Waals surface area contributed by atoms with E-state index in [1.807, 2.05) is 61.5 Å². The SMILES string of the molecule is CC(C)(O)C1(C)c2ccccc2C(=O)N1Cc1ccccc1. The molecule has 1 amide bonds. The van der Waals surface area contributed by atoms with Crippen LogP contribution in [0.1, 0.15) is 42.3 Å². The number of benzene rings is 2. The standard InChI is InChI=1S/C19H21NO2/c1-18(2,22)19(3)16-12-8-7-11-15(16)17(21)20(19)13-14-9-5-4-6-10-14/h4-12,22H,13H2,1-3H3. The van der Waals surface area contributed by atoms with Crippen LogP contribution in [0, 0.1) is 0 Å². The Balaban J connectivity index is 2.11. The molecule has 0 fully saturated rings. The molecule has 1 aliphatic heterocycles. The summed E-state index contributed by atoms with van der Waals surface area (Å²) in [5, 5.41) is 10.8. The Morgan fingerprint density at radius 2 is 1.64 bits per heavy atom. The van der Waals surface area contributed by atoms with Gasteiger partial charge in [-0.3, -0.25) is 4.79 Å². The van der Waals surface area contributed by atoms with Gasteiger partial charge in [0.15, 0.2) is 0 Å². The Bertz CT molecular complexity index is 703. The van der Waals surface area contributed by atoms with Gasteiger partial charge in [0.05, 0.1) is 11.1 Å². The number of fused-ring (bicyclic) bond motifs is 1. The second kappa shape index (κ2) is 4.96. The maximum absolute atomic E-state index is 12.9. The van der Waals surface area contributed by atoms with Gasteiger partial charge in [-0.25, -0.2) is 0 Å². The number of hydrogen-bond acceptors (Lipinski definition) is 2. The van der Waals surface area contributed by atoms with Gasteiger partial charge in [-0.2, -0.15) is 0 Å². The molecular formula is C19H21NO2. The lowest BCUT2D eigenvalue weighted by Crippen LogP contribution is -2.55. The predicted molar refractivity (Wildman–Crippen MR) is 86.4 cm³/mol. The molecule has 0 saturated carbocycles. The summed E-state index contributed by atoms with van der Waals surface area (Å²) in [6, 6.07) is 17.5. The molecule has 3 nitrogen and oxygen atoms in total. The zero-order chi connectivity index (χ0) is 16.0. The van der Waals surface area contributed by atoms with Crippen LogP contribution < -0.4 is 0 Å². The average Bonchev–Trinajstić information content (AvgIpc) is 2.72. The minimum Gasteiger partial charge on any atom is -0.388 e. The molecule has 0 radical (unpaired) electrons. The molecule has 3 rings (SSSR count). The molecule has 22 heavy (non-hydrogen) atoms. The van der Waals surface area contributed by atoms with Gasteiger partial charge in [0, 0.05) is 12.1 Å². The predicted octanol–water partition coefficient (Wildman–Crippen LogP) is 3.33. The third-order valence-electron chi connectivity index (χ3n) is 4.84. The van der Waals surface area contributed by atoms with E-state index < -0.39 is 11.1 Å². The first-order chi connectivity index (χ1) is 10.4. The summed E-state index contributed by atoms with van der Waals surface area (Å²) in [4.78, 5) is 14.7. The molecule has 0 spiro atoms. The number of carbonyl (C=O) groups excluding carboxylic acids is 1. The zero-order valence-electron chi connectivity index (χ0n) is 13.2. The maximum Gasteiger partial charge on any atom is 0.255 e. The highest BCUT2D eigenvalue weighted by Gasteiger charge is 2.54. The van der Waals surface area contributed by atoms with E-state index in [0.29, 0.717) is 12.1 Å². The first-order valence-electron chi connectivity index (χ1n) is 7.53. The van der Waals surface area contributed by atoms with E-state index in [2.05, 4.69) is 0 Å². The van der Waals surface area contributed by atoms with E-state index >= 15 is 0 Å². The lowest BCUT2D eigenvalue weighted by atomic mass is 9.78. The molecular weight excluding hydrogens is 274 g/mol. The average molecular weight is 295 g/mol. The summed E-state index contributed by atoms with van der Waals surface area (Å²) in [7, 11) is 0. The van der Waals surface area contributed by atoms with Crippen LogP contribution in [0.5, 0.6) is 0 Å². The summed E-state index contributed by atoms with van der Waals surface area (Å²) < 4.78 is 0. The van der Waals surface area contributed by atoms with Crippen LogP contribution in [0.25, 0.3) is 0 Å². The monoisotopic (exact) mass is 295 g/mol. The van der Waals surface area contributed by atoms with Gasteiger partial charge in [0.2, 0.25) is 0 Å². The molecule has 0 bridgehead atoms. The number of aliphatic hydroxyl groups is 1. The fraction of sp³-hybridized carbons (Fsp3) is 0.316. The van der Waals surface area contributed by atoms with Crippen molar-refractivity contribution < 1.29 is 9.90 Å². The van der Waals surface area contributed by atoms with Gasteiger partial charge < -0.3 is 10.0 Å². The van der Waals surface area contributed by atoms with Crippen LogP contribution in [-0.4, -0.2) is 21.5 Å². The Morgan fingerprint density at radius 1 is 1.05 bits per heavy atom. The number of nitrogens with zero attached hydrogens (tertiary/aromatic N) is 1. The van der Waals surface area contributed by atoms with Gasteiger partial charge >= 0.3 is 0 Å². The van der Waals surface area contributed by atoms with E-state index in [0.717, 1.165) is 11.1 Å². The molecule has 2 aromatic carbocycles. The van der Waals surface area contributed by atoms with E-state index in [1.54, 1.807) is 18.7 Å². The van der Waals surface area contributed by atoms with Crippen molar-refractivity contribution in [1.82, 2.24) is 4.90 Å². The normalized spacial score (nSPS) is 21.1. The smallest absolute Gasteiger partial charge is 0.255 e. The summed E-state index contributed by atoms with van der Waals surface area (Å²) >= 11 is 0. The lowest BCUT2D eigenvalue weighted by molar-refractivity contribution is -0.0694. The van der Waals surface area contributed by atoms with Gasteiger partial charge in [-0.1, -0.05) is 48.5 Å². The molecule has 0 aromatic heterocycles. The highest BCUT2D eigenvalue weighted by molar-refractivity contribution is 6.00. The van der Waals surface area contributed by atoms with Gasteiger partial charge in [-0.15, -0.1) is 0 Å². The Hall–Kier alpha value is -2.13. The Morgan fingerprint density at radius 3 is 2.27 bits per heavy atom. The van der Waals surface area contributed by atoms with Crippen LogP contribution >= 0.6 is 0 Å². The lowest BCUT2D eigenvalue weighted by Gasteiger charge is -2.45. The number of amides is 1. The van der Waals surface area contributed by atoms with Crippen LogP contribution in [0.2, 0.25) is 0 Å². The highest BCUT2D eigenvalue weighted by Crippen LogP contribution is 2.46. The van der Waals surface area contributed by atoms with Crippen LogP contribution in [0.15, 0.2) is 54.6 Å². The summed E-state index contributed by atoms with van der Waals surface area (Å²) in [6.45, 7) is 5.95. The zero-order valence-corrected chi connectivity index (χ0v) is 13.2. The molecule has 1 N–H and O–H groups in total. The topological polar surface area (TPSA) is 40.5 Å². The van der Waals surface area contributed by atoms with Crippen molar-refractivity contribution in [2.45, 2.75) is 38.5 Å².